The van der Waals surface area contributed by atoms with Crippen LogP contribution in [0.2, 0.25) is 0 Å². The molecule has 0 aliphatic rings. The predicted octanol–water partition coefficient (Wildman–Crippen LogP) is 1.33. The van der Waals surface area contributed by atoms with Crippen LogP contribution in [0.5, 0.6) is 0 Å². The number of sulfone groups is 1. The normalized spacial score (nSPS) is 15.8. The molecule has 0 N–H and O–H groups in total. The second-order valence-corrected chi connectivity index (χ2v) is 6.95. The van der Waals surface area contributed by atoms with Gasteiger partial charge in [-0.05, 0) is 32.5 Å². The van der Waals surface area contributed by atoms with Crippen LogP contribution in [0, 0.1) is 0 Å². The van der Waals surface area contributed by atoms with E-state index in [-0.39, 0.29) is 11.3 Å². The van der Waals surface area contributed by atoms with Crippen LogP contribution in [0.25, 0.3) is 0 Å². The summed E-state index contributed by atoms with van der Waals surface area (Å²) in [4.78, 5) is 6.08. The van der Waals surface area contributed by atoms with Gasteiger partial charge in [0.1, 0.15) is 0 Å². The average molecular weight is 256 g/mol. The minimum atomic E-state index is -3.00. The van der Waals surface area contributed by atoms with E-state index in [2.05, 4.69) is 4.98 Å². The Morgan fingerprint density at radius 2 is 2.06 bits per heavy atom. The van der Waals surface area contributed by atoms with E-state index in [0.29, 0.717) is 6.54 Å². The van der Waals surface area contributed by atoms with Gasteiger partial charge in [0.25, 0.3) is 0 Å². The van der Waals surface area contributed by atoms with Gasteiger partial charge >= 0.3 is 0 Å². The van der Waals surface area contributed by atoms with Crippen LogP contribution in [0.15, 0.2) is 24.5 Å². The van der Waals surface area contributed by atoms with E-state index in [1.807, 2.05) is 31.0 Å². The van der Waals surface area contributed by atoms with Crippen LogP contribution in [-0.4, -0.2) is 42.9 Å². The molecule has 5 heteroatoms. The Morgan fingerprint density at radius 3 is 2.53 bits per heavy atom. The van der Waals surface area contributed by atoms with E-state index < -0.39 is 9.84 Å². The second kappa shape index (κ2) is 5.60. The predicted molar refractivity (Wildman–Crippen MR) is 69.5 cm³/mol. The summed E-state index contributed by atoms with van der Waals surface area (Å²) in [6, 6.07) is 3.85. The summed E-state index contributed by atoms with van der Waals surface area (Å²) in [5, 5.41) is -0.371. The molecule has 0 unspecified atom stereocenters. The lowest BCUT2D eigenvalue weighted by Crippen LogP contribution is -2.40. The first-order valence-electron chi connectivity index (χ1n) is 5.60. The van der Waals surface area contributed by atoms with Crippen molar-refractivity contribution in [2.24, 2.45) is 0 Å². The maximum absolute atomic E-state index is 11.5. The third-order valence-corrected chi connectivity index (χ3v) is 4.95. The van der Waals surface area contributed by atoms with Gasteiger partial charge < -0.3 is 0 Å². The van der Waals surface area contributed by atoms with Gasteiger partial charge in [-0.1, -0.05) is 6.07 Å². The van der Waals surface area contributed by atoms with Crippen molar-refractivity contribution in [3.8, 4) is 0 Å². The van der Waals surface area contributed by atoms with Gasteiger partial charge in [-0.2, -0.15) is 0 Å². The van der Waals surface area contributed by atoms with Gasteiger partial charge in [-0.3, -0.25) is 9.88 Å². The Morgan fingerprint density at radius 1 is 1.41 bits per heavy atom. The first-order valence-corrected chi connectivity index (χ1v) is 7.56. The number of hydrogen-bond donors (Lipinski definition) is 0. The zero-order chi connectivity index (χ0) is 13.1. The third-order valence-electron chi connectivity index (χ3n) is 3.20. The van der Waals surface area contributed by atoms with Crippen molar-refractivity contribution < 1.29 is 8.42 Å². The van der Waals surface area contributed by atoms with E-state index in [4.69, 9.17) is 0 Å². The van der Waals surface area contributed by atoms with Gasteiger partial charge in [-0.25, -0.2) is 8.42 Å². The molecule has 0 spiro atoms. The van der Waals surface area contributed by atoms with Crippen molar-refractivity contribution in [3.05, 3.63) is 30.1 Å². The molecule has 0 saturated heterocycles. The number of pyridine rings is 1. The van der Waals surface area contributed by atoms with Crippen LogP contribution < -0.4 is 0 Å². The first kappa shape index (κ1) is 14.1. The maximum Gasteiger partial charge on any atom is 0.151 e. The SMILES string of the molecule is C[C@@H]([C@H](C)S(C)(=O)=O)N(C)Cc1cccnc1. The Kier molecular flexibility index (Phi) is 4.65. The zero-order valence-corrected chi connectivity index (χ0v) is 11.6. The summed E-state index contributed by atoms with van der Waals surface area (Å²) < 4.78 is 23.0. The zero-order valence-electron chi connectivity index (χ0n) is 10.8. The molecule has 0 bridgehead atoms. The molecule has 0 aliphatic carbocycles. The highest BCUT2D eigenvalue weighted by Gasteiger charge is 2.25. The molecule has 1 aromatic rings. The monoisotopic (exact) mass is 256 g/mol. The van der Waals surface area contributed by atoms with Crippen LogP contribution in [0.4, 0.5) is 0 Å². The summed E-state index contributed by atoms with van der Waals surface area (Å²) in [5.41, 5.74) is 1.09. The quantitative estimate of drug-likeness (QED) is 0.797. The van der Waals surface area contributed by atoms with Crippen LogP contribution in [0.3, 0.4) is 0 Å². The Bertz CT molecular complexity index is 445. The van der Waals surface area contributed by atoms with Crippen molar-refractivity contribution in [1.82, 2.24) is 9.88 Å². The van der Waals surface area contributed by atoms with Gasteiger partial charge in [0.2, 0.25) is 0 Å². The van der Waals surface area contributed by atoms with Crippen molar-refractivity contribution in [2.45, 2.75) is 31.7 Å². The molecule has 1 rings (SSSR count). The summed E-state index contributed by atoms with van der Waals surface area (Å²) in [6.07, 6.45) is 4.81. The summed E-state index contributed by atoms with van der Waals surface area (Å²) in [6.45, 7) is 4.39. The van der Waals surface area contributed by atoms with E-state index in [9.17, 15) is 8.42 Å². The summed E-state index contributed by atoms with van der Waals surface area (Å²) >= 11 is 0. The Hall–Kier alpha value is -0.940. The van der Waals surface area contributed by atoms with Crippen LogP contribution in [0.1, 0.15) is 19.4 Å². The summed E-state index contributed by atoms with van der Waals surface area (Å²) in [7, 11) is -1.07. The highest BCUT2D eigenvalue weighted by atomic mass is 32.2. The van der Waals surface area contributed by atoms with E-state index in [0.717, 1.165) is 5.56 Å². The molecule has 2 atom stereocenters. The Balaban J connectivity index is 2.68. The lowest BCUT2D eigenvalue weighted by Gasteiger charge is -2.28. The van der Waals surface area contributed by atoms with Crippen LogP contribution in [-0.2, 0) is 16.4 Å². The van der Waals surface area contributed by atoms with E-state index in [1.165, 1.54) is 6.26 Å². The van der Waals surface area contributed by atoms with Gasteiger partial charge in [-0.15, -0.1) is 0 Å². The Labute approximate surface area is 104 Å². The number of hydrogen-bond acceptors (Lipinski definition) is 4. The molecule has 0 amide bonds. The van der Waals surface area contributed by atoms with E-state index >= 15 is 0 Å². The first-order chi connectivity index (χ1) is 7.82. The fourth-order valence-electron chi connectivity index (χ4n) is 1.64. The number of nitrogens with zero attached hydrogens (tertiary/aromatic N) is 2. The van der Waals surface area contributed by atoms with E-state index in [1.54, 1.807) is 19.3 Å². The van der Waals surface area contributed by atoms with Gasteiger partial charge in [0.05, 0.1) is 5.25 Å². The highest BCUT2D eigenvalue weighted by Crippen LogP contribution is 2.12. The average Bonchev–Trinajstić information content (AvgIpc) is 2.27. The molecule has 0 radical (unpaired) electrons. The lowest BCUT2D eigenvalue weighted by molar-refractivity contribution is 0.245. The van der Waals surface area contributed by atoms with Crippen molar-refractivity contribution >= 4 is 9.84 Å². The molecule has 1 heterocycles. The molecular formula is C12H20N2O2S. The molecule has 0 saturated carbocycles. The maximum atomic E-state index is 11.5. The van der Waals surface area contributed by atoms with Crippen molar-refractivity contribution in [1.29, 1.82) is 0 Å². The lowest BCUT2D eigenvalue weighted by atomic mass is 10.2. The van der Waals surface area contributed by atoms with Gasteiger partial charge in [0.15, 0.2) is 9.84 Å². The molecule has 4 nitrogen and oxygen atoms in total. The molecule has 17 heavy (non-hydrogen) atoms. The topological polar surface area (TPSA) is 50.3 Å². The summed E-state index contributed by atoms with van der Waals surface area (Å²) in [5.74, 6) is 0. The van der Waals surface area contributed by atoms with Crippen molar-refractivity contribution in [3.63, 3.8) is 0 Å². The fraction of sp³-hybridized carbons (Fsp3) is 0.583. The van der Waals surface area contributed by atoms with Gasteiger partial charge in [0, 0.05) is 31.2 Å². The molecule has 96 valence electrons. The second-order valence-electron chi connectivity index (χ2n) is 4.55. The minimum Gasteiger partial charge on any atom is -0.298 e. The molecular weight excluding hydrogens is 236 g/mol. The van der Waals surface area contributed by atoms with Crippen molar-refractivity contribution in [2.75, 3.05) is 13.3 Å². The highest BCUT2D eigenvalue weighted by molar-refractivity contribution is 7.91. The molecule has 0 fully saturated rings. The third kappa shape index (κ3) is 4.09. The number of aromatic nitrogens is 1. The molecule has 0 aromatic carbocycles. The standard InChI is InChI=1S/C12H20N2O2S/c1-10(11(2)17(4,15)16)14(3)9-12-6-5-7-13-8-12/h5-8,10-11H,9H2,1-4H3/t10-,11-/m0/s1. The number of rotatable bonds is 5. The molecule has 1 aromatic heterocycles. The largest absolute Gasteiger partial charge is 0.298 e. The minimum absolute atomic E-state index is 0.0230. The van der Waals surface area contributed by atoms with Crippen LogP contribution >= 0.6 is 0 Å². The fourth-order valence-corrected chi connectivity index (χ4v) is 2.56. The molecule has 0 aliphatic heterocycles. The smallest absolute Gasteiger partial charge is 0.151 e.